The van der Waals surface area contributed by atoms with Gasteiger partial charge in [-0.25, -0.2) is 8.42 Å². The van der Waals surface area contributed by atoms with Crippen LogP contribution in [0.5, 0.6) is 0 Å². The summed E-state index contributed by atoms with van der Waals surface area (Å²) in [5.41, 5.74) is 2.21. The summed E-state index contributed by atoms with van der Waals surface area (Å²) in [6.45, 7) is 3.97. The molecule has 0 radical (unpaired) electrons. The van der Waals surface area contributed by atoms with Gasteiger partial charge in [-0.05, 0) is 37.6 Å². The number of amides is 1. The molecule has 2 rings (SSSR count). The summed E-state index contributed by atoms with van der Waals surface area (Å²) in [7, 11) is -3.32. The highest BCUT2D eigenvalue weighted by Gasteiger charge is 2.15. The van der Waals surface area contributed by atoms with E-state index >= 15 is 0 Å². The highest BCUT2D eigenvalue weighted by Crippen LogP contribution is 2.17. The maximum atomic E-state index is 12.1. The van der Waals surface area contributed by atoms with E-state index in [-0.39, 0.29) is 23.2 Å². The summed E-state index contributed by atoms with van der Waals surface area (Å²) < 4.78 is 23.4. The van der Waals surface area contributed by atoms with E-state index in [0.29, 0.717) is 17.7 Å². The topological polar surface area (TPSA) is 75.3 Å². The second kappa shape index (κ2) is 7.76. The van der Waals surface area contributed by atoms with Crippen molar-refractivity contribution in [3.63, 3.8) is 0 Å². The SMILES string of the molecule is Cc1ccc(C(=O)NCC2=CCNCC2)cc1S(C)(=O)=O.Cl. The first-order chi connectivity index (χ1) is 9.88. The van der Waals surface area contributed by atoms with Gasteiger partial charge in [0.1, 0.15) is 0 Å². The third-order valence-corrected chi connectivity index (χ3v) is 4.72. The summed E-state index contributed by atoms with van der Waals surface area (Å²) in [5.74, 6) is -0.251. The zero-order chi connectivity index (χ0) is 15.5. The number of aryl methyl sites for hydroxylation is 1. The number of benzene rings is 1. The largest absolute Gasteiger partial charge is 0.348 e. The Morgan fingerprint density at radius 2 is 2.09 bits per heavy atom. The number of rotatable bonds is 4. The van der Waals surface area contributed by atoms with Crippen molar-refractivity contribution in [2.45, 2.75) is 18.2 Å². The van der Waals surface area contributed by atoms with Crippen molar-refractivity contribution >= 4 is 28.2 Å². The number of halogens is 1. The van der Waals surface area contributed by atoms with Gasteiger partial charge in [0.05, 0.1) is 4.90 Å². The van der Waals surface area contributed by atoms with Gasteiger partial charge in [0, 0.05) is 24.9 Å². The van der Waals surface area contributed by atoms with E-state index in [9.17, 15) is 13.2 Å². The lowest BCUT2D eigenvalue weighted by Crippen LogP contribution is -2.29. The zero-order valence-electron chi connectivity index (χ0n) is 12.7. The molecule has 22 heavy (non-hydrogen) atoms. The molecule has 1 aromatic carbocycles. The third kappa shape index (κ3) is 4.83. The van der Waals surface area contributed by atoms with Gasteiger partial charge in [0.2, 0.25) is 0 Å². The first-order valence-corrected chi connectivity index (χ1v) is 8.74. The zero-order valence-corrected chi connectivity index (χ0v) is 14.3. The molecule has 1 heterocycles. The van der Waals surface area contributed by atoms with Crippen molar-refractivity contribution in [1.29, 1.82) is 0 Å². The highest BCUT2D eigenvalue weighted by atomic mass is 35.5. The second-order valence-electron chi connectivity index (χ2n) is 5.25. The van der Waals surface area contributed by atoms with Crippen LogP contribution in [0.1, 0.15) is 22.3 Å². The van der Waals surface area contributed by atoms with Crippen LogP contribution in [0.4, 0.5) is 0 Å². The molecule has 1 amide bonds. The lowest BCUT2D eigenvalue weighted by atomic mass is 10.1. The number of sulfone groups is 1. The van der Waals surface area contributed by atoms with E-state index in [4.69, 9.17) is 0 Å². The fourth-order valence-electron chi connectivity index (χ4n) is 2.27. The molecule has 0 saturated heterocycles. The van der Waals surface area contributed by atoms with Crippen molar-refractivity contribution in [1.82, 2.24) is 10.6 Å². The molecule has 0 saturated carbocycles. The first-order valence-electron chi connectivity index (χ1n) is 6.85. The molecule has 1 aliphatic rings. The maximum absolute atomic E-state index is 12.1. The predicted octanol–water partition coefficient (Wildman–Crippen LogP) is 1.47. The number of carbonyl (C=O) groups excluding carboxylic acids is 1. The van der Waals surface area contributed by atoms with Gasteiger partial charge < -0.3 is 10.6 Å². The minimum atomic E-state index is -3.32. The predicted molar refractivity (Wildman–Crippen MR) is 89.4 cm³/mol. The Hall–Kier alpha value is -1.37. The van der Waals surface area contributed by atoms with Gasteiger partial charge >= 0.3 is 0 Å². The van der Waals surface area contributed by atoms with E-state index in [0.717, 1.165) is 25.8 Å². The molecule has 0 bridgehead atoms. The Morgan fingerprint density at radius 1 is 1.36 bits per heavy atom. The monoisotopic (exact) mass is 344 g/mol. The summed E-state index contributed by atoms with van der Waals surface area (Å²) in [6, 6.07) is 4.75. The van der Waals surface area contributed by atoms with E-state index < -0.39 is 9.84 Å². The van der Waals surface area contributed by atoms with E-state index in [1.807, 2.05) is 0 Å². The molecule has 1 aromatic rings. The fraction of sp³-hybridized carbons (Fsp3) is 0.400. The van der Waals surface area contributed by atoms with Crippen LogP contribution in [-0.4, -0.2) is 40.2 Å². The number of hydrogen-bond acceptors (Lipinski definition) is 4. The average molecular weight is 345 g/mol. The van der Waals surface area contributed by atoms with Gasteiger partial charge in [-0.15, -0.1) is 12.4 Å². The van der Waals surface area contributed by atoms with Crippen molar-refractivity contribution < 1.29 is 13.2 Å². The Bertz CT molecular complexity index is 684. The van der Waals surface area contributed by atoms with Gasteiger partial charge in [-0.1, -0.05) is 17.7 Å². The van der Waals surface area contributed by atoms with Gasteiger partial charge in [0.15, 0.2) is 9.84 Å². The van der Waals surface area contributed by atoms with E-state index in [2.05, 4.69) is 16.7 Å². The summed E-state index contributed by atoms with van der Waals surface area (Å²) in [4.78, 5) is 12.3. The van der Waals surface area contributed by atoms with Crippen LogP contribution in [0, 0.1) is 6.92 Å². The molecule has 1 aliphatic heterocycles. The van der Waals surface area contributed by atoms with Gasteiger partial charge in [-0.2, -0.15) is 0 Å². The van der Waals surface area contributed by atoms with Gasteiger partial charge in [-0.3, -0.25) is 4.79 Å². The summed E-state index contributed by atoms with van der Waals surface area (Å²) in [6.07, 6.45) is 4.14. The summed E-state index contributed by atoms with van der Waals surface area (Å²) in [5, 5.41) is 6.05. The smallest absolute Gasteiger partial charge is 0.251 e. The molecule has 0 spiro atoms. The van der Waals surface area contributed by atoms with Gasteiger partial charge in [0.25, 0.3) is 5.91 Å². The molecule has 0 fully saturated rings. The summed E-state index contributed by atoms with van der Waals surface area (Å²) >= 11 is 0. The van der Waals surface area contributed by atoms with Crippen LogP contribution >= 0.6 is 12.4 Å². The van der Waals surface area contributed by atoms with Crippen LogP contribution in [0.25, 0.3) is 0 Å². The standard InChI is InChI=1S/C15H20N2O3S.ClH/c1-11-3-4-13(9-14(11)21(2,19)20)15(18)17-10-12-5-7-16-8-6-12;/h3-5,9,16H,6-8,10H2,1-2H3,(H,17,18);1H. The molecular formula is C15H21ClN2O3S. The van der Waals surface area contributed by atoms with Crippen molar-refractivity contribution in [3.05, 3.63) is 41.0 Å². The van der Waals surface area contributed by atoms with E-state index in [1.165, 1.54) is 11.6 Å². The maximum Gasteiger partial charge on any atom is 0.251 e. The molecule has 0 aromatic heterocycles. The van der Waals surface area contributed by atoms with Crippen molar-refractivity contribution in [3.8, 4) is 0 Å². The molecule has 0 unspecified atom stereocenters. The Balaban J connectivity index is 0.00000242. The molecular weight excluding hydrogens is 324 g/mol. The lowest BCUT2D eigenvalue weighted by molar-refractivity contribution is 0.0956. The van der Waals surface area contributed by atoms with Crippen LogP contribution < -0.4 is 10.6 Å². The Kier molecular flexibility index (Phi) is 6.59. The number of nitrogens with one attached hydrogen (secondary N) is 2. The Labute approximate surface area is 137 Å². The van der Waals surface area contributed by atoms with Crippen LogP contribution in [0.3, 0.4) is 0 Å². The molecule has 2 N–H and O–H groups in total. The van der Waals surface area contributed by atoms with Crippen LogP contribution in [0.15, 0.2) is 34.7 Å². The minimum Gasteiger partial charge on any atom is -0.348 e. The molecule has 122 valence electrons. The fourth-order valence-corrected chi connectivity index (χ4v) is 3.26. The number of hydrogen-bond donors (Lipinski definition) is 2. The first kappa shape index (κ1) is 18.7. The third-order valence-electron chi connectivity index (χ3n) is 3.48. The lowest BCUT2D eigenvalue weighted by Gasteiger charge is -2.15. The quantitative estimate of drug-likeness (QED) is 0.811. The van der Waals surface area contributed by atoms with Crippen molar-refractivity contribution in [2.24, 2.45) is 0 Å². The molecule has 5 nitrogen and oxygen atoms in total. The van der Waals surface area contributed by atoms with Crippen molar-refractivity contribution in [2.75, 3.05) is 25.9 Å². The molecule has 7 heteroatoms. The second-order valence-corrected chi connectivity index (χ2v) is 7.24. The highest BCUT2D eigenvalue weighted by molar-refractivity contribution is 7.90. The Morgan fingerprint density at radius 3 is 2.68 bits per heavy atom. The molecule has 0 atom stereocenters. The van der Waals surface area contributed by atoms with Crippen LogP contribution in [-0.2, 0) is 9.84 Å². The van der Waals surface area contributed by atoms with Crippen LogP contribution in [0.2, 0.25) is 0 Å². The molecule has 0 aliphatic carbocycles. The number of carbonyl (C=O) groups is 1. The minimum absolute atomic E-state index is 0. The van der Waals surface area contributed by atoms with E-state index in [1.54, 1.807) is 19.1 Å². The average Bonchev–Trinajstić information content (AvgIpc) is 2.45. The normalized spacial score (nSPS) is 14.7.